The number of carbonyl (C=O) groups excluding carboxylic acids is 1. The van der Waals surface area contributed by atoms with Crippen LogP contribution in [0.5, 0.6) is 5.75 Å². The van der Waals surface area contributed by atoms with Gasteiger partial charge in [0, 0.05) is 19.2 Å². The molecule has 0 aliphatic rings. The van der Waals surface area contributed by atoms with E-state index in [9.17, 15) is 13.2 Å². The summed E-state index contributed by atoms with van der Waals surface area (Å²) in [5, 5.41) is 11.2. The lowest BCUT2D eigenvalue weighted by Gasteiger charge is -2.10. The van der Waals surface area contributed by atoms with Crippen LogP contribution in [0.25, 0.3) is 0 Å². The van der Waals surface area contributed by atoms with Crippen molar-refractivity contribution >= 4 is 15.9 Å². The van der Waals surface area contributed by atoms with Gasteiger partial charge >= 0.3 is 0 Å². The monoisotopic (exact) mass is 330 g/mol. The number of benzene rings is 1. The normalized spacial score (nSPS) is 11.5. The van der Waals surface area contributed by atoms with Crippen LogP contribution >= 0.6 is 0 Å². The van der Waals surface area contributed by atoms with Gasteiger partial charge in [0.1, 0.15) is 5.75 Å². The number of hydrogen-bond acceptors (Lipinski definition) is 5. The molecule has 0 radical (unpaired) electrons. The zero-order chi connectivity index (χ0) is 16.6. The Hall–Kier alpha value is -1.64. The molecule has 0 saturated carbocycles. The maximum absolute atomic E-state index is 11.9. The van der Waals surface area contributed by atoms with Crippen molar-refractivity contribution < 1.29 is 23.1 Å². The van der Waals surface area contributed by atoms with Crippen LogP contribution < -0.4 is 14.8 Å². The van der Waals surface area contributed by atoms with Gasteiger partial charge in [-0.25, -0.2) is 13.1 Å². The van der Waals surface area contributed by atoms with Gasteiger partial charge in [0.2, 0.25) is 10.0 Å². The maximum atomic E-state index is 11.9. The van der Waals surface area contributed by atoms with Gasteiger partial charge < -0.3 is 15.2 Å². The average molecular weight is 330 g/mol. The maximum Gasteiger partial charge on any atom is 0.257 e. The highest BCUT2D eigenvalue weighted by Crippen LogP contribution is 2.16. The third-order valence-electron chi connectivity index (χ3n) is 2.55. The molecule has 0 unspecified atom stereocenters. The van der Waals surface area contributed by atoms with E-state index in [2.05, 4.69) is 10.0 Å². The Bertz CT molecular complexity index is 569. The van der Waals surface area contributed by atoms with Crippen molar-refractivity contribution in [2.45, 2.75) is 31.2 Å². The summed E-state index contributed by atoms with van der Waals surface area (Å²) in [5.74, 6) is 0.104. The zero-order valence-electron chi connectivity index (χ0n) is 12.7. The van der Waals surface area contributed by atoms with Crippen molar-refractivity contribution in [1.82, 2.24) is 10.0 Å². The summed E-state index contributed by atoms with van der Waals surface area (Å²) in [6.07, 6.45) is 0.487. The molecule has 22 heavy (non-hydrogen) atoms. The highest BCUT2D eigenvalue weighted by molar-refractivity contribution is 7.89. The van der Waals surface area contributed by atoms with Crippen LogP contribution in [0.3, 0.4) is 0 Å². The van der Waals surface area contributed by atoms with Crippen LogP contribution in [-0.4, -0.2) is 45.2 Å². The number of carbonyl (C=O) groups is 1. The summed E-state index contributed by atoms with van der Waals surface area (Å²) < 4.78 is 31.6. The fraction of sp³-hybridized carbons (Fsp3) is 0.500. The number of hydrogen-bond donors (Lipinski definition) is 3. The molecule has 0 saturated heterocycles. The minimum Gasteiger partial charge on any atom is -0.484 e. The van der Waals surface area contributed by atoms with Gasteiger partial charge in [-0.05, 0) is 44.5 Å². The number of rotatable bonds is 9. The van der Waals surface area contributed by atoms with E-state index in [-0.39, 0.29) is 30.1 Å². The van der Waals surface area contributed by atoms with Crippen LogP contribution in [0, 0.1) is 0 Å². The minimum absolute atomic E-state index is 0.0154. The smallest absolute Gasteiger partial charge is 0.257 e. The Morgan fingerprint density at radius 2 is 1.91 bits per heavy atom. The summed E-state index contributed by atoms with van der Waals surface area (Å²) >= 11 is 0. The molecule has 0 aliphatic carbocycles. The van der Waals surface area contributed by atoms with E-state index in [1.807, 2.05) is 0 Å². The topological polar surface area (TPSA) is 105 Å². The second kappa shape index (κ2) is 8.72. The first kappa shape index (κ1) is 18.4. The Labute approximate surface area is 130 Å². The second-order valence-electron chi connectivity index (χ2n) is 4.96. The number of sulfonamides is 1. The molecular formula is C14H22N2O5S. The van der Waals surface area contributed by atoms with Gasteiger partial charge in [-0.3, -0.25) is 4.79 Å². The van der Waals surface area contributed by atoms with Crippen molar-refractivity contribution in [1.29, 1.82) is 0 Å². The van der Waals surface area contributed by atoms with Crippen LogP contribution in [0.1, 0.15) is 20.3 Å². The second-order valence-corrected chi connectivity index (χ2v) is 6.68. The molecule has 0 bridgehead atoms. The van der Waals surface area contributed by atoms with Crippen molar-refractivity contribution in [3.05, 3.63) is 24.3 Å². The molecule has 0 aromatic heterocycles. The van der Waals surface area contributed by atoms with Gasteiger partial charge in [-0.1, -0.05) is 0 Å². The predicted octanol–water partition coefficient (Wildman–Crippen LogP) is 0.251. The molecule has 0 fully saturated rings. The first-order valence-electron chi connectivity index (χ1n) is 6.98. The summed E-state index contributed by atoms with van der Waals surface area (Å²) in [6, 6.07) is 5.64. The summed E-state index contributed by atoms with van der Waals surface area (Å²) in [6.45, 7) is 3.72. The fourth-order valence-electron chi connectivity index (χ4n) is 1.60. The zero-order valence-corrected chi connectivity index (χ0v) is 13.5. The van der Waals surface area contributed by atoms with Crippen LogP contribution in [0.15, 0.2) is 29.2 Å². The number of aliphatic hydroxyl groups excluding tert-OH is 1. The Morgan fingerprint density at radius 1 is 1.27 bits per heavy atom. The third-order valence-corrected chi connectivity index (χ3v) is 4.23. The molecule has 0 spiro atoms. The third kappa shape index (κ3) is 6.42. The lowest BCUT2D eigenvalue weighted by molar-refractivity contribution is -0.123. The molecular weight excluding hydrogens is 308 g/mol. The quantitative estimate of drug-likeness (QED) is 0.563. The first-order valence-corrected chi connectivity index (χ1v) is 8.46. The van der Waals surface area contributed by atoms with Crippen LogP contribution in [0.4, 0.5) is 0 Å². The highest BCUT2D eigenvalue weighted by atomic mass is 32.2. The fourth-order valence-corrected chi connectivity index (χ4v) is 2.85. The molecule has 1 rings (SSSR count). The van der Waals surface area contributed by atoms with Crippen LogP contribution in [0.2, 0.25) is 0 Å². The minimum atomic E-state index is -3.53. The van der Waals surface area contributed by atoms with Crippen molar-refractivity contribution in [3.63, 3.8) is 0 Å². The molecule has 124 valence electrons. The molecule has 0 aliphatic heterocycles. The van der Waals surface area contributed by atoms with E-state index in [4.69, 9.17) is 9.84 Å². The van der Waals surface area contributed by atoms with Crippen LogP contribution in [-0.2, 0) is 14.8 Å². The molecule has 0 atom stereocenters. The van der Waals surface area contributed by atoms with E-state index in [0.29, 0.717) is 18.7 Å². The van der Waals surface area contributed by atoms with Gasteiger partial charge in [-0.2, -0.15) is 0 Å². The average Bonchev–Trinajstić information content (AvgIpc) is 2.44. The molecule has 1 amide bonds. The lowest BCUT2D eigenvalue weighted by atomic mass is 10.3. The van der Waals surface area contributed by atoms with Crippen molar-refractivity contribution in [2.24, 2.45) is 0 Å². The number of aliphatic hydroxyl groups is 1. The summed E-state index contributed by atoms with van der Waals surface area (Å²) in [4.78, 5) is 11.6. The van der Waals surface area contributed by atoms with E-state index < -0.39 is 10.0 Å². The highest BCUT2D eigenvalue weighted by Gasteiger charge is 2.15. The van der Waals surface area contributed by atoms with Gasteiger partial charge in [0.25, 0.3) is 5.91 Å². The Balaban J connectivity index is 2.53. The van der Waals surface area contributed by atoms with Crippen molar-refractivity contribution in [3.8, 4) is 5.75 Å². The van der Waals surface area contributed by atoms with Gasteiger partial charge in [-0.15, -0.1) is 0 Å². The van der Waals surface area contributed by atoms with E-state index in [1.165, 1.54) is 24.3 Å². The molecule has 7 nitrogen and oxygen atoms in total. The molecule has 0 heterocycles. The van der Waals surface area contributed by atoms with E-state index >= 15 is 0 Å². The molecule has 3 N–H and O–H groups in total. The lowest BCUT2D eigenvalue weighted by Crippen LogP contribution is -2.30. The van der Waals surface area contributed by atoms with E-state index in [1.54, 1.807) is 13.8 Å². The predicted molar refractivity (Wildman–Crippen MR) is 82.1 cm³/mol. The SMILES string of the molecule is CC(C)NS(=O)(=O)c1ccc(OCC(=O)NCCCO)cc1. The standard InChI is InChI=1S/C14H22N2O5S/c1-11(2)16-22(19,20)13-6-4-12(5-7-13)21-10-14(18)15-8-3-9-17/h4-7,11,16-17H,3,8-10H2,1-2H3,(H,15,18). The number of amides is 1. The Morgan fingerprint density at radius 3 is 2.45 bits per heavy atom. The number of ether oxygens (including phenoxy) is 1. The van der Waals surface area contributed by atoms with E-state index in [0.717, 1.165) is 0 Å². The molecule has 8 heteroatoms. The number of nitrogens with one attached hydrogen (secondary N) is 2. The molecule has 1 aromatic carbocycles. The van der Waals surface area contributed by atoms with Crippen molar-refractivity contribution in [2.75, 3.05) is 19.8 Å². The Kier molecular flexibility index (Phi) is 7.30. The summed E-state index contributed by atoms with van der Waals surface area (Å²) in [5.41, 5.74) is 0. The van der Waals surface area contributed by atoms with Gasteiger partial charge in [0.05, 0.1) is 4.90 Å². The molecule has 1 aromatic rings. The first-order chi connectivity index (χ1) is 10.3. The van der Waals surface area contributed by atoms with Gasteiger partial charge in [0.15, 0.2) is 6.61 Å². The summed E-state index contributed by atoms with van der Waals surface area (Å²) in [7, 11) is -3.53. The largest absolute Gasteiger partial charge is 0.484 e.